The third-order valence-electron chi connectivity index (χ3n) is 4.24. The molecule has 0 bridgehead atoms. The summed E-state index contributed by atoms with van der Waals surface area (Å²) >= 11 is 0. The highest BCUT2D eigenvalue weighted by atomic mass is 32.2. The Morgan fingerprint density at radius 3 is 2.77 bits per heavy atom. The highest BCUT2D eigenvalue weighted by Gasteiger charge is 2.34. The smallest absolute Gasteiger partial charge is 0.248 e. The Hall–Kier alpha value is -2.72. The summed E-state index contributed by atoms with van der Waals surface area (Å²) in [5.41, 5.74) is 5.28. The first-order chi connectivity index (χ1) is 12.3. The lowest BCUT2D eigenvalue weighted by molar-refractivity contribution is -0.121. The van der Waals surface area contributed by atoms with Crippen LogP contribution >= 0.6 is 0 Å². The van der Waals surface area contributed by atoms with Crippen molar-refractivity contribution < 1.29 is 18.0 Å². The molecule has 0 saturated carbocycles. The van der Waals surface area contributed by atoms with Crippen molar-refractivity contribution in [2.75, 3.05) is 11.4 Å². The van der Waals surface area contributed by atoms with Crippen LogP contribution in [0.4, 0.5) is 5.82 Å². The first-order valence-corrected chi connectivity index (χ1v) is 9.49. The van der Waals surface area contributed by atoms with E-state index in [1.165, 1.54) is 29.2 Å². The third-order valence-corrected chi connectivity index (χ3v) is 5.71. The van der Waals surface area contributed by atoms with Crippen molar-refractivity contribution in [1.82, 2.24) is 14.5 Å². The van der Waals surface area contributed by atoms with Crippen LogP contribution in [-0.4, -0.2) is 42.6 Å². The second kappa shape index (κ2) is 6.89. The molecule has 1 aliphatic heterocycles. The Kier molecular flexibility index (Phi) is 4.79. The summed E-state index contributed by atoms with van der Waals surface area (Å²) in [6.07, 6.45) is 2.61. The van der Waals surface area contributed by atoms with E-state index in [1.807, 2.05) is 0 Å². The summed E-state index contributed by atoms with van der Waals surface area (Å²) < 4.78 is 29.3. The SMILES string of the molecule is Cn1nccc1N1CCC[C@H](NS(=O)(=O)c2cccc(C(N)=O)c2)C1=O. The summed E-state index contributed by atoms with van der Waals surface area (Å²) in [5.74, 6) is -0.456. The standard InChI is InChI=1S/C16H19N5O4S/c1-20-14(7-8-18-20)21-9-3-6-13(16(21)23)19-26(24,25)12-5-2-4-11(10-12)15(17)22/h2,4-5,7-8,10,13,19H,3,6,9H2,1H3,(H2,17,22)/t13-/m0/s1. The normalized spacial score (nSPS) is 18.1. The van der Waals surface area contributed by atoms with E-state index in [0.717, 1.165) is 0 Å². The van der Waals surface area contributed by atoms with Gasteiger partial charge in [-0.25, -0.2) is 8.42 Å². The molecule has 2 aromatic rings. The minimum absolute atomic E-state index is 0.0827. The van der Waals surface area contributed by atoms with E-state index in [0.29, 0.717) is 25.2 Å². The van der Waals surface area contributed by atoms with Gasteiger partial charge in [-0.1, -0.05) is 6.07 Å². The van der Waals surface area contributed by atoms with Crippen LogP contribution in [0.25, 0.3) is 0 Å². The van der Waals surface area contributed by atoms with Gasteiger partial charge in [0, 0.05) is 25.2 Å². The second-order valence-corrected chi connectivity index (χ2v) is 7.73. The van der Waals surface area contributed by atoms with Crippen molar-refractivity contribution in [3.63, 3.8) is 0 Å². The van der Waals surface area contributed by atoms with Crippen LogP contribution in [0.3, 0.4) is 0 Å². The molecule has 1 saturated heterocycles. The zero-order chi connectivity index (χ0) is 18.9. The topological polar surface area (TPSA) is 127 Å². The Bertz CT molecular complexity index is 953. The van der Waals surface area contributed by atoms with Crippen LogP contribution in [0.5, 0.6) is 0 Å². The number of amides is 2. The minimum Gasteiger partial charge on any atom is -0.366 e. The van der Waals surface area contributed by atoms with Gasteiger partial charge in [0.25, 0.3) is 0 Å². The number of nitrogens with two attached hydrogens (primary N) is 1. The number of benzene rings is 1. The molecule has 9 nitrogen and oxygen atoms in total. The van der Waals surface area contributed by atoms with Gasteiger partial charge in [-0.15, -0.1) is 0 Å². The summed E-state index contributed by atoms with van der Waals surface area (Å²) in [6, 6.07) is 6.21. The van der Waals surface area contributed by atoms with Crippen LogP contribution in [0.1, 0.15) is 23.2 Å². The van der Waals surface area contributed by atoms with Gasteiger partial charge in [-0.2, -0.15) is 9.82 Å². The molecule has 0 spiro atoms. The first-order valence-electron chi connectivity index (χ1n) is 8.01. The molecule has 2 heterocycles. The van der Waals surface area contributed by atoms with Crippen LogP contribution in [-0.2, 0) is 21.9 Å². The van der Waals surface area contributed by atoms with Gasteiger partial charge in [-0.05, 0) is 31.0 Å². The van der Waals surface area contributed by atoms with Crippen molar-refractivity contribution in [2.24, 2.45) is 12.8 Å². The molecule has 138 valence electrons. The summed E-state index contributed by atoms with van der Waals surface area (Å²) in [5, 5.41) is 4.04. The molecular weight excluding hydrogens is 358 g/mol. The van der Waals surface area contributed by atoms with E-state index in [2.05, 4.69) is 9.82 Å². The number of aromatic nitrogens is 2. The third kappa shape index (κ3) is 3.46. The number of carbonyl (C=O) groups excluding carboxylic acids is 2. The predicted molar refractivity (Wildman–Crippen MR) is 93.9 cm³/mol. The summed E-state index contributed by atoms with van der Waals surface area (Å²) in [6.45, 7) is 0.494. The number of anilines is 1. The van der Waals surface area contributed by atoms with E-state index in [4.69, 9.17) is 5.73 Å². The van der Waals surface area contributed by atoms with E-state index in [-0.39, 0.29) is 16.4 Å². The van der Waals surface area contributed by atoms with Crippen molar-refractivity contribution in [3.05, 3.63) is 42.1 Å². The highest BCUT2D eigenvalue weighted by molar-refractivity contribution is 7.89. The number of hydrogen-bond donors (Lipinski definition) is 2. The van der Waals surface area contributed by atoms with Gasteiger partial charge >= 0.3 is 0 Å². The number of hydrogen-bond acceptors (Lipinski definition) is 5. The molecule has 1 aromatic heterocycles. The van der Waals surface area contributed by atoms with Crippen LogP contribution < -0.4 is 15.4 Å². The molecule has 3 rings (SSSR count). The number of piperidine rings is 1. The van der Waals surface area contributed by atoms with Crippen LogP contribution in [0, 0.1) is 0 Å². The van der Waals surface area contributed by atoms with E-state index < -0.39 is 22.0 Å². The van der Waals surface area contributed by atoms with Crippen LogP contribution in [0.2, 0.25) is 0 Å². The molecular formula is C16H19N5O4S. The molecule has 10 heteroatoms. The molecule has 0 radical (unpaired) electrons. The molecule has 26 heavy (non-hydrogen) atoms. The van der Waals surface area contributed by atoms with E-state index in [1.54, 1.807) is 24.0 Å². The Balaban J connectivity index is 1.83. The average molecular weight is 377 g/mol. The predicted octanol–water partition coefficient (Wildman–Crippen LogP) is -0.00710. The number of nitrogens with zero attached hydrogens (tertiary/aromatic N) is 3. The minimum atomic E-state index is -3.98. The maximum Gasteiger partial charge on any atom is 0.248 e. The van der Waals surface area contributed by atoms with Crippen LogP contribution in [0.15, 0.2) is 41.4 Å². The number of primary amides is 1. The molecule has 3 N–H and O–H groups in total. The number of sulfonamides is 1. The Labute approximate surface area is 150 Å². The molecule has 1 aromatic carbocycles. The van der Waals surface area contributed by atoms with Gasteiger partial charge in [0.1, 0.15) is 11.9 Å². The van der Waals surface area contributed by atoms with E-state index >= 15 is 0 Å². The van der Waals surface area contributed by atoms with E-state index in [9.17, 15) is 18.0 Å². The number of nitrogens with one attached hydrogen (secondary N) is 1. The Morgan fingerprint density at radius 1 is 1.35 bits per heavy atom. The van der Waals surface area contributed by atoms with Gasteiger partial charge in [0.15, 0.2) is 0 Å². The van der Waals surface area contributed by atoms with Gasteiger partial charge in [-0.3, -0.25) is 19.2 Å². The fourth-order valence-corrected chi connectivity index (χ4v) is 4.18. The number of carbonyl (C=O) groups is 2. The van der Waals surface area contributed by atoms with Gasteiger partial charge in [0.05, 0.1) is 11.1 Å². The fourth-order valence-electron chi connectivity index (χ4n) is 2.92. The van der Waals surface area contributed by atoms with Crippen molar-refractivity contribution in [2.45, 2.75) is 23.8 Å². The zero-order valence-electron chi connectivity index (χ0n) is 14.1. The maximum absolute atomic E-state index is 12.7. The average Bonchev–Trinajstić information content (AvgIpc) is 3.02. The number of aryl methyl sites for hydroxylation is 1. The lowest BCUT2D eigenvalue weighted by Gasteiger charge is -2.32. The van der Waals surface area contributed by atoms with Crippen molar-refractivity contribution in [3.8, 4) is 0 Å². The molecule has 0 unspecified atom stereocenters. The van der Waals surface area contributed by atoms with Gasteiger partial charge < -0.3 is 5.73 Å². The zero-order valence-corrected chi connectivity index (χ0v) is 14.9. The molecule has 1 atom stereocenters. The maximum atomic E-state index is 12.7. The fraction of sp³-hybridized carbons (Fsp3) is 0.312. The largest absolute Gasteiger partial charge is 0.366 e. The van der Waals surface area contributed by atoms with Crippen molar-refractivity contribution in [1.29, 1.82) is 0 Å². The highest BCUT2D eigenvalue weighted by Crippen LogP contribution is 2.21. The monoisotopic (exact) mass is 377 g/mol. The molecule has 1 aliphatic rings. The van der Waals surface area contributed by atoms with Gasteiger partial charge in [0.2, 0.25) is 21.8 Å². The molecule has 0 aliphatic carbocycles. The lowest BCUT2D eigenvalue weighted by atomic mass is 10.1. The van der Waals surface area contributed by atoms with Crippen molar-refractivity contribution >= 4 is 27.7 Å². The summed E-state index contributed by atoms with van der Waals surface area (Å²) in [4.78, 5) is 25.4. The Morgan fingerprint density at radius 2 is 2.12 bits per heavy atom. The molecule has 1 fully saturated rings. The second-order valence-electron chi connectivity index (χ2n) is 6.01. The summed E-state index contributed by atoms with van der Waals surface area (Å²) in [7, 11) is -2.26. The molecule has 2 amide bonds. The number of rotatable bonds is 5. The quantitative estimate of drug-likeness (QED) is 0.758. The first kappa shape index (κ1) is 18.1. The lowest BCUT2D eigenvalue weighted by Crippen LogP contribution is -2.52.